The highest BCUT2D eigenvalue weighted by Gasteiger charge is 1.97. The van der Waals surface area contributed by atoms with Gasteiger partial charge in [0, 0.05) is 12.5 Å². The van der Waals surface area contributed by atoms with Gasteiger partial charge in [0.25, 0.3) is 0 Å². The first-order chi connectivity index (χ1) is 4.86. The molecule has 0 fully saturated rings. The molecular formula is C7H11NOS. The minimum atomic E-state index is 0.644. The SMILES string of the molecule is CCc1csc(COC)n1. The maximum Gasteiger partial charge on any atom is 0.119 e. The molecule has 0 bridgehead atoms. The van der Waals surface area contributed by atoms with Crippen LogP contribution < -0.4 is 0 Å². The molecule has 0 aromatic carbocycles. The van der Waals surface area contributed by atoms with Gasteiger partial charge in [-0.2, -0.15) is 0 Å². The Morgan fingerprint density at radius 1 is 1.70 bits per heavy atom. The third kappa shape index (κ3) is 1.78. The molecule has 3 heteroatoms. The molecule has 0 N–H and O–H groups in total. The minimum Gasteiger partial charge on any atom is -0.378 e. The van der Waals surface area contributed by atoms with Gasteiger partial charge in [-0.25, -0.2) is 4.98 Å². The lowest BCUT2D eigenvalue weighted by molar-refractivity contribution is 0.184. The number of rotatable bonds is 3. The predicted molar refractivity (Wildman–Crippen MR) is 42.2 cm³/mol. The van der Waals surface area contributed by atoms with Gasteiger partial charge in [-0.15, -0.1) is 11.3 Å². The summed E-state index contributed by atoms with van der Waals surface area (Å²) in [5.41, 5.74) is 1.16. The molecule has 0 aliphatic rings. The van der Waals surface area contributed by atoms with Crippen molar-refractivity contribution in [3.63, 3.8) is 0 Å². The Labute approximate surface area is 64.9 Å². The second-order valence-corrected chi connectivity index (χ2v) is 2.96. The molecule has 2 nitrogen and oxygen atoms in total. The van der Waals surface area contributed by atoms with Gasteiger partial charge in [-0.05, 0) is 6.42 Å². The van der Waals surface area contributed by atoms with E-state index in [1.807, 2.05) is 0 Å². The molecule has 0 aliphatic heterocycles. The van der Waals surface area contributed by atoms with Gasteiger partial charge in [0.15, 0.2) is 0 Å². The predicted octanol–water partition coefficient (Wildman–Crippen LogP) is 1.85. The lowest BCUT2D eigenvalue weighted by atomic mass is 10.4. The normalized spacial score (nSPS) is 10.2. The van der Waals surface area contributed by atoms with Crippen molar-refractivity contribution in [1.29, 1.82) is 0 Å². The molecule has 10 heavy (non-hydrogen) atoms. The number of thiazole rings is 1. The summed E-state index contributed by atoms with van der Waals surface area (Å²) in [4.78, 5) is 4.31. The zero-order valence-electron chi connectivity index (χ0n) is 6.26. The zero-order valence-corrected chi connectivity index (χ0v) is 7.07. The van der Waals surface area contributed by atoms with Gasteiger partial charge in [-0.1, -0.05) is 6.92 Å². The molecular weight excluding hydrogens is 146 g/mol. The summed E-state index contributed by atoms with van der Waals surface area (Å²) in [6.07, 6.45) is 1.01. The molecule has 0 atom stereocenters. The van der Waals surface area contributed by atoms with E-state index < -0.39 is 0 Å². The van der Waals surface area contributed by atoms with Crippen LogP contribution in [0.15, 0.2) is 5.38 Å². The van der Waals surface area contributed by atoms with Gasteiger partial charge < -0.3 is 4.74 Å². The van der Waals surface area contributed by atoms with Crippen LogP contribution in [0.2, 0.25) is 0 Å². The second kappa shape index (κ2) is 3.68. The van der Waals surface area contributed by atoms with Crippen LogP contribution in [0.3, 0.4) is 0 Å². The summed E-state index contributed by atoms with van der Waals surface area (Å²) < 4.78 is 4.93. The van der Waals surface area contributed by atoms with Gasteiger partial charge in [0.1, 0.15) is 5.01 Å². The van der Waals surface area contributed by atoms with E-state index in [4.69, 9.17) is 4.74 Å². The highest BCUT2D eigenvalue weighted by Crippen LogP contribution is 2.10. The van der Waals surface area contributed by atoms with Crippen LogP contribution in [-0.2, 0) is 17.8 Å². The number of ether oxygens (including phenoxy) is 1. The van der Waals surface area contributed by atoms with Crippen LogP contribution >= 0.6 is 11.3 Å². The van der Waals surface area contributed by atoms with Crippen molar-refractivity contribution in [3.8, 4) is 0 Å². The number of aromatic nitrogens is 1. The van der Waals surface area contributed by atoms with E-state index in [9.17, 15) is 0 Å². The third-order valence-electron chi connectivity index (χ3n) is 1.23. The van der Waals surface area contributed by atoms with Crippen LogP contribution in [-0.4, -0.2) is 12.1 Å². The second-order valence-electron chi connectivity index (χ2n) is 2.02. The van der Waals surface area contributed by atoms with E-state index in [1.165, 1.54) is 0 Å². The van der Waals surface area contributed by atoms with E-state index in [0.29, 0.717) is 6.61 Å². The number of methoxy groups -OCH3 is 1. The number of aryl methyl sites for hydroxylation is 1. The molecule has 1 heterocycles. The zero-order chi connectivity index (χ0) is 7.40. The summed E-state index contributed by atoms with van der Waals surface area (Å²) in [7, 11) is 1.69. The Morgan fingerprint density at radius 3 is 3.00 bits per heavy atom. The highest BCUT2D eigenvalue weighted by molar-refractivity contribution is 7.09. The van der Waals surface area contributed by atoms with Gasteiger partial charge in [0.2, 0.25) is 0 Å². The first-order valence-corrected chi connectivity index (χ1v) is 4.17. The first kappa shape index (κ1) is 7.69. The molecule has 0 amide bonds. The largest absolute Gasteiger partial charge is 0.378 e. The molecule has 1 rings (SSSR count). The van der Waals surface area contributed by atoms with E-state index in [2.05, 4.69) is 17.3 Å². The molecule has 0 aliphatic carbocycles. The van der Waals surface area contributed by atoms with Crippen LogP contribution in [0.1, 0.15) is 17.6 Å². The van der Waals surface area contributed by atoms with Crippen molar-refractivity contribution in [2.75, 3.05) is 7.11 Å². The summed E-state index contributed by atoms with van der Waals surface area (Å²) in [6, 6.07) is 0. The van der Waals surface area contributed by atoms with E-state index in [-0.39, 0.29) is 0 Å². The molecule has 1 aromatic heterocycles. The van der Waals surface area contributed by atoms with Crippen LogP contribution in [0.5, 0.6) is 0 Å². The maximum absolute atomic E-state index is 4.93. The molecule has 0 unspecified atom stereocenters. The van der Waals surface area contributed by atoms with Crippen molar-refractivity contribution in [2.45, 2.75) is 20.0 Å². The fraction of sp³-hybridized carbons (Fsp3) is 0.571. The summed E-state index contributed by atoms with van der Waals surface area (Å²) in [5.74, 6) is 0. The fourth-order valence-electron chi connectivity index (χ4n) is 0.701. The van der Waals surface area contributed by atoms with Crippen LogP contribution in [0.25, 0.3) is 0 Å². The Kier molecular flexibility index (Phi) is 2.83. The fourth-order valence-corrected chi connectivity index (χ4v) is 1.55. The monoisotopic (exact) mass is 157 g/mol. The van der Waals surface area contributed by atoms with Crippen molar-refractivity contribution in [2.24, 2.45) is 0 Å². The standard InChI is InChI=1S/C7H11NOS/c1-3-6-5-10-7(8-6)4-9-2/h5H,3-4H2,1-2H3. The quantitative estimate of drug-likeness (QED) is 0.668. The van der Waals surface area contributed by atoms with Crippen molar-refractivity contribution in [1.82, 2.24) is 4.98 Å². The molecule has 56 valence electrons. The van der Waals surface area contributed by atoms with Crippen LogP contribution in [0.4, 0.5) is 0 Å². The Hall–Kier alpha value is -0.410. The number of hydrogen-bond acceptors (Lipinski definition) is 3. The lowest BCUT2D eigenvalue weighted by Crippen LogP contribution is -1.86. The van der Waals surface area contributed by atoms with Crippen molar-refractivity contribution in [3.05, 3.63) is 16.1 Å². The topological polar surface area (TPSA) is 22.1 Å². The first-order valence-electron chi connectivity index (χ1n) is 3.29. The average Bonchev–Trinajstić information content (AvgIpc) is 2.37. The molecule has 0 spiro atoms. The van der Waals surface area contributed by atoms with Gasteiger partial charge in [-0.3, -0.25) is 0 Å². The summed E-state index contributed by atoms with van der Waals surface area (Å²) in [6.45, 7) is 2.75. The highest BCUT2D eigenvalue weighted by atomic mass is 32.1. The lowest BCUT2D eigenvalue weighted by Gasteiger charge is -1.89. The Bertz CT molecular complexity index is 197. The average molecular weight is 157 g/mol. The third-order valence-corrected chi connectivity index (χ3v) is 2.10. The molecule has 1 aromatic rings. The van der Waals surface area contributed by atoms with E-state index in [0.717, 1.165) is 17.1 Å². The summed E-state index contributed by atoms with van der Waals surface area (Å²) in [5, 5.41) is 3.15. The van der Waals surface area contributed by atoms with Crippen LogP contribution in [0, 0.1) is 0 Å². The molecule has 0 saturated heterocycles. The van der Waals surface area contributed by atoms with E-state index >= 15 is 0 Å². The van der Waals surface area contributed by atoms with Crippen molar-refractivity contribution < 1.29 is 4.74 Å². The number of nitrogens with zero attached hydrogens (tertiary/aromatic N) is 1. The van der Waals surface area contributed by atoms with Gasteiger partial charge in [0.05, 0.1) is 12.3 Å². The smallest absolute Gasteiger partial charge is 0.119 e. The van der Waals surface area contributed by atoms with E-state index in [1.54, 1.807) is 18.4 Å². The van der Waals surface area contributed by atoms with Crippen molar-refractivity contribution >= 4 is 11.3 Å². The number of hydrogen-bond donors (Lipinski definition) is 0. The maximum atomic E-state index is 4.93. The summed E-state index contributed by atoms with van der Waals surface area (Å²) >= 11 is 1.66. The Balaban J connectivity index is 2.59. The molecule has 0 saturated carbocycles. The molecule has 0 radical (unpaired) electrons. The van der Waals surface area contributed by atoms with Gasteiger partial charge >= 0.3 is 0 Å². The minimum absolute atomic E-state index is 0.644. The Morgan fingerprint density at radius 2 is 2.50 bits per heavy atom.